The molecule has 1 N–H and O–H groups in total. The van der Waals surface area contributed by atoms with Gasteiger partial charge in [0.2, 0.25) is 0 Å². The molecule has 1 atom stereocenters. The van der Waals surface area contributed by atoms with Crippen molar-refractivity contribution in [1.82, 2.24) is 4.90 Å². The van der Waals surface area contributed by atoms with E-state index in [1.54, 1.807) is 31.2 Å². The lowest BCUT2D eigenvalue weighted by Crippen LogP contribution is -2.47. The zero-order valence-electron chi connectivity index (χ0n) is 12.6. The minimum Gasteiger partial charge on any atom is -0.466 e. The van der Waals surface area contributed by atoms with Crippen molar-refractivity contribution < 1.29 is 19.1 Å². The van der Waals surface area contributed by atoms with Crippen molar-refractivity contribution >= 4 is 23.5 Å². The number of rotatable bonds is 3. The molecule has 0 aliphatic carbocycles. The lowest BCUT2D eigenvalue weighted by Gasteiger charge is -2.30. The van der Waals surface area contributed by atoms with Gasteiger partial charge in [0.15, 0.2) is 0 Å². The number of nitrogens with zero attached hydrogens (tertiary/aromatic N) is 1. The molecule has 22 heavy (non-hydrogen) atoms. The van der Waals surface area contributed by atoms with Gasteiger partial charge in [0.1, 0.15) is 0 Å². The van der Waals surface area contributed by atoms with Crippen LogP contribution < -0.4 is 5.32 Å². The number of hydrogen-bond acceptors (Lipinski definition) is 4. The molecule has 1 saturated heterocycles. The third kappa shape index (κ3) is 4.07. The molecule has 6 heteroatoms. The van der Waals surface area contributed by atoms with Crippen molar-refractivity contribution in [3.63, 3.8) is 0 Å². The molecule has 1 unspecified atom stereocenters. The fourth-order valence-electron chi connectivity index (χ4n) is 2.46. The molecule has 118 valence electrons. The number of likely N-dealkylation sites (tertiary alicyclic amines) is 1. The number of anilines is 1. The molecule has 0 aromatic heterocycles. The summed E-state index contributed by atoms with van der Waals surface area (Å²) in [5.41, 5.74) is 0.569. The summed E-state index contributed by atoms with van der Waals surface area (Å²) in [6, 6.07) is 8.80. The quantitative estimate of drug-likeness (QED) is 0.677. The van der Waals surface area contributed by atoms with Gasteiger partial charge in [-0.25, -0.2) is 0 Å². The van der Waals surface area contributed by atoms with Gasteiger partial charge in [-0.2, -0.15) is 0 Å². The van der Waals surface area contributed by atoms with E-state index in [-0.39, 0.29) is 18.4 Å². The molecule has 1 heterocycles. The normalized spacial score (nSPS) is 17.7. The van der Waals surface area contributed by atoms with Crippen molar-refractivity contribution in [3.05, 3.63) is 30.3 Å². The Morgan fingerprint density at radius 2 is 2.00 bits per heavy atom. The van der Waals surface area contributed by atoms with E-state index in [0.717, 1.165) is 0 Å². The summed E-state index contributed by atoms with van der Waals surface area (Å²) >= 11 is 0. The van der Waals surface area contributed by atoms with Crippen LogP contribution in [0.2, 0.25) is 0 Å². The predicted molar refractivity (Wildman–Crippen MR) is 81.0 cm³/mol. The summed E-state index contributed by atoms with van der Waals surface area (Å²) in [5.74, 6) is -1.95. The molecule has 1 aromatic carbocycles. The molecular formula is C16H20N2O4. The molecular weight excluding hydrogens is 284 g/mol. The Morgan fingerprint density at radius 3 is 2.68 bits per heavy atom. The van der Waals surface area contributed by atoms with Gasteiger partial charge in [0.25, 0.3) is 0 Å². The lowest BCUT2D eigenvalue weighted by atomic mass is 9.98. The molecule has 1 fully saturated rings. The fraction of sp³-hybridized carbons (Fsp3) is 0.438. The van der Waals surface area contributed by atoms with Crippen LogP contribution in [0.15, 0.2) is 30.3 Å². The number of esters is 1. The topological polar surface area (TPSA) is 75.7 Å². The highest BCUT2D eigenvalue weighted by molar-refractivity contribution is 6.39. The van der Waals surface area contributed by atoms with Crippen LogP contribution >= 0.6 is 0 Å². The first kappa shape index (κ1) is 16.0. The second-order valence-electron chi connectivity index (χ2n) is 5.16. The van der Waals surface area contributed by atoms with Crippen LogP contribution in [0.5, 0.6) is 0 Å². The SMILES string of the molecule is CCOC(=O)C1CCCN(C(=O)C(=O)Nc2ccccc2)C1. The smallest absolute Gasteiger partial charge is 0.313 e. The van der Waals surface area contributed by atoms with Gasteiger partial charge < -0.3 is 15.0 Å². The maximum atomic E-state index is 12.2. The van der Waals surface area contributed by atoms with E-state index >= 15 is 0 Å². The first-order chi connectivity index (χ1) is 10.6. The van der Waals surface area contributed by atoms with Gasteiger partial charge >= 0.3 is 17.8 Å². The number of hydrogen-bond donors (Lipinski definition) is 1. The van der Waals surface area contributed by atoms with Crippen LogP contribution in [-0.4, -0.2) is 42.4 Å². The summed E-state index contributed by atoms with van der Waals surface area (Å²) in [4.78, 5) is 37.4. The van der Waals surface area contributed by atoms with E-state index in [2.05, 4.69) is 5.32 Å². The van der Waals surface area contributed by atoms with Gasteiger partial charge in [-0.1, -0.05) is 18.2 Å². The van der Waals surface area contributed by atoms with Gasteiger partial charge in [-0.3, -0.25) is 14.4 Å². The molecule has 0 spiro atoms. The molecule has 0 saturated carbocycles. The van der Waals surface area contributed by atoms with E-state index in [1.165, 1.54) is 4.90 Å². The van der Waals surface area contributed by atoms with E-state index in [9.17, 15) is 14.4 Å². The average Bonchev–Trinajstić information content (AvgIpc) is 2.55. The van der Waals surface area contributed by atoms with Crippen molar-refractivity contribution in [2.75, 3.05) is 25.0 Å². The average molecular weight is 304 g/mol. The van der Waals surface area contributed by atoms with Gasteiger partial charge in [-0.05, 0) is 31.9 Å². The van der Waals surface area contributed by atoms with Crippen LogP contribution in [0.3, 0.4) is 0 Å². The molecule has 1 aromatic rings. The second kappa shape index (κ2) is 7.59. The van der Waals surface area contributed by atoms with Crippen molar-refractivity contribution in [3.8, 4) is 0 Å². The van der Waals surface area contributed by atoms with Crippen LogP contribution in [0, 0.1) is 5.92 Å². The number of nitrogens with one attached hydrogen (secondary N) is 1. The van der Waals surface area contributed by atoms with Crippen molar-refractivity contribution in [1.29, 1.82) is 0 Å². The standard InChI is InChI=1S/C16H20N2O4/c1-2-22-16(21)12-7-6-10-18(11-12)15(20)14(19)17-13-8-4-3-5-9-13/h3-5,8-9,12H,2,6-7,10-11H2,1H3,(H,17,19). The van der Waals surface area contributed by atoms with Crippen LogP contribution in [0.25, 0.3) is 0 Å². The minimum absolute atomic E-state index is 0.236. The zero-order valence-corrected chi connectivity index (χ0v) is 12.6. The van der Waals surface area contributed by atoms with Gasteiger partial charge in [0.05, 0.1) is 12.5 Å². The van der Waals surface area contributed by atoms with Crippen molar-refractivity contribution in [2.45, 2.75) is 19.8 Å². The summed E-state index contributed by atoms with van der Waals surface area (Å²) in [6.07, 6.45) is 1.37. The second-order valence-corrected chi connectivity index (χ2v) is 5.16. The molecule has 0 radical (unpaired) electrons. The van der Waals surface area contributed by atoms with Gasteiger partial charge in [0, 0.05) is 18.8 Å². The molecule has 2 amide bonds. The number of benzene rings is 1. The largest absolute Gasteiger partial charge is 0.466 e. The van der Waals surface area contributed by atoms with Crippen molar-refractivity contribution in [2.24, 2.45) is 5.92 Å². The van der Waals surface area contributed by atoms with Gasteiger partial charge in [-0.15, -0.1) is 0 Å². The summed E-state index contributed by atoms with van der Waals surface area (Å²) in [7, 11) is 0. The highest BCUT2D eigenvalue weighted by atomic mass is 16.5. The zero-order chi connectivity index (χ0) is 15.9. The van der Waals surface area contributed by atoms with Crippen LogP contribution in [-0.2, 0) is 19.1 Å². The Kier molecular flexibility index (Phi) is 5.52. The first-order valence-electron chi connectivity index (χ1n) is 7.43. The first-order valence-corrected chi connectivity index (χ1v) is 7.43. The van der Waals surface area contributed by atoms with E-state index in [4.69, 9.17) is 4.74 Å². The molecule has 0 bridgehead atoms. The number of para-hydroxylation sites is 1. The monoisotopic (exact) mass is 304 g/mol. The maximum absolute atomic E-state index is 12.2. The van der Waals surface area contributed by atoms with E-state index in [0.29, 0.717) is 31.7 Å². The van der Waals surface area contributed by atoms with E-state index in [1.807, 2.05) is 6.07 Å². The Hall–Kier alpha value is -2.37. The highest BCUT2D eigenvalue weighted by Crippen LogP contribution is 2.18. The fourth-order valence-corrected chi connectivity index (χ4v) is 2.46. The predicted octanol–water partition coefficient (Wildman–Crippen LogP) is 1.43. The van der Waals surface area contributed by atoms with Crippen LogP contribution in [0.4, 0.5) is 5.69 Å². The third-order valence-corrected chi connectivity index (χ3v) is 3.55. The Balaban J connectivity index is 1.93. The molecule has 1 aliphatic rings. The number of carbonyl (C=O) groups excluding carboxylic acids is 3. The molecule has 2 rings (SSSR count). The molecule has 6 nitrogen and oxygen atoms in total. The Morgan fingerprint density at radius 1 is 1.27 bits per heavy atom. The summed E-state index contributed by atoms with van der Waals surface area (Å²) in [6.45, 7) is 2.78. The Labute approximate surface area is 129 Å². The number of carbonyl (C=O) groups is 3. The minimum atomic E-state index is -0.685. The Bertz CT molecular complexity index is 544. The molecule has 1 aliphatic heterocycles. The highest BCUT2D eigenvalue weighted by Gasteiger charge is 2.31. The lowest BCUT2D eigenvalue weighted by molar-refractivity contribution is -0.153. The number of amides is 2. The summed E-state index contributed by atoms with van der Waals surface area (Å²) < 4.78 is 4.99. The number of ether oxygens (including phenoxy) is 1. The summed E-state index contributed by atoms with van der Waals surface area (Å²) in [5, 5.41) is 2.56. The maximum Gasteiger partial charge on any atom is 0.313 e. The van der Waals surface area contributed by atoms with E-state index < -0.39 is 11.8 Å². The van der Waals surface area contributed by atoms with Crippen LogP contribution in [0.1, 0.15) is 19.8 Å². The third-order valence-electron chi connectivity index (χ3n) is 3.55. The number of piperidine rings is 1.